The molecule has 3 aliphatic rings. The van der Waals surface area contributed by atoms with Crippen molar-refractivity contribution in [2.24, 2.45) is 5.92 Å². The summed E-state index contributed by atoms with van der Waals surface area (Å²) in [6.45, 7) is 8.75. The number of piperidine rings is 2. The Kier molecular flexibility index (Phi) is 6.45. The van der Waals surface area contributed by atoms with Crippen LogP contribution in [0.5, 0.6) is 0 Å². The Morgan fingerprint density at radius 3 is 2.52 bits per heavy atom. The monoisotopic (exact) mass is 373 g/mol. The van der Waals surface area contributed by atoms with Crippen molar-refractivity contribution in [2.45, 2.75) is 57.5 Å². The second-order valence-electron chi connectivity index (χ2n) is 8.56. The van der Waals surface area contributed by atoms with E-state index in [0.717, 1.165) is 32.6 Å². The van der Waals surface area contributed by atoms with Crippen molar-refractivity contribution in [1.82, 2.24) is 24.5 Å². The number of carbonyl (C=O) groups is 1. The third-order valence-electron chi connectivity index (χ3n) is 6.71. The van der Waals surface area contributed by atoms with Crippen molar-refractivity contribution in [3.8, 4) is 0 Å². The van der Waals surface area contributed by atoms with Crippen LogP contribution < -0.4 is 0 Å². The minimum absolute atomic E-state index is 0.254. The van der Waals surface area contributed by atoms with Gasteiger partial charge in [-0.3, -0.25) is 14.4 Å². The molecule has 0 bridgehead atoms. The molecule has 1 aromatic heterocycles. The van der Waals surface area contributed by atoms with Gasteiger partial charge in [0, 0.05) is 44.6 Å². The van der Waals surface area contributed by atoms with E-state index in [1.807, 2.05) is 23.1 Å². The summed E-state index contributed by atoms with van der Waals surface area (Å²) in [7, 11) is 0. The molecule has 3 fully saturated rings. The van der Waals surface area contributed by atoms with Crippen LogP contribution in [0.25, 0.3) is 0 Å². The van der Waals surface area contributed by atoms with Gasteiger partial charge >= 0.3 is 0 Å². The third kappa shape index (κ3) is 4.91. The highest BCUT2D eigenvalue weighted by Gasteiger charge is 2.34. The molecule has 0 saturated carbocycles. The molecular formula is C21H35N5O. The predicted octanol–water partition coefficient (Wildman–Crippen LogP) is 2.07. The number of aromatic nitrogens is 2. The molecule has 0 N–H and O–H groups in total. The Bertz CT molecular complexity index is 575. The van der Waals surface area contributed by atoms with Gasteiger partial charge in [0.05, 0.1) is 5.92 Å². The molecular weight excluding hydrogens is 338 g/mol. The molecule has 27 heavy (non-hydrogen) atoms. The van der Waals surface area contributed by atoms with Crippen molar-refractivity contribution in [3.63, 3.8) is 0 Å². The van der Waals surface area contributed by atoms with Gasteiger partial charge in [-0.15, -0.1) is 0 Å². The highest BCUT2D eigenvalue weighted by molar-refractivity contribution is 5.79. The summed E-state index contributed by atoms with van der Waals surface area (Å²) in [5.74, 6) is 0.692. The lowest BCUT2D eigenvalue weighted by Crippen LogP contribution is -2.51. The maximum atomic E-state index is 12.8. The lowest BCUT2D eigenvalue weighted by molar-refractivity contribution is -0.136. The van der Waals surface area contributed by atoms with Crippen molar-refractivity contribution in [1.29, 1.82) is 0 Å². The summed E-state index contributed by atoms with van der Waals surface area (Å²) >= 11 is 0. The minimum atomic E-state index is 0.254. The van der Waals surface area contributed by atoms with E-state index in [0.29, 0.717) is 11.9 Å². The summed E-state index contributed by atoms with van der Waals surface area (Å²) in [5.41, 5.74) is 0. The SMILES string of the molecule is O=C(C1CCCN(C2CCN(CCCn3cccn3)CC2)C1)N1CCCC1. The molecule has 3 saturated heterocycles. The molecule has 0 spiro atoms. The summed E-state index contributed by atoms with van der Waals surface area (Å²) in [6.07, 6.45) is 12.3. The van der Waals surface area contributed by atoms with E-state index in [-0.39, 0.29) is 5.92 Å². The first-order chi connectivity index (χ1) is 13.3. The molecule has 4 heterocycles. The molecule has 3 aliphatic heterocycles. The number of amides is 1. The van der Waals surface area contributed by atoms with E-state index in [4.69, 9.17) is 0 Å². The van der Waals surface area contributed by atoms with E-state index in [2.05, 4.69) is 19.8 Å². The molecule has 6 nitrogen and oxygen atoms in total. The largest absolute Gasteiger partial charge is 0.342 e. The van der Waals surface area contributed by atoms with Crippen molar-refractivity contribution in [3.05, 3.63) is 18.5 Å². The molecule has 0 aromatic carbocycles. The Hall–Kier alpha value is -1.40. The average molecular weight is 374 g/mol. The zero-order valence-electron chi connectivity index (χ0n) is 16.6. The van der Waals surface area contributed by atoms with E-state index in [1.165, 1.54) is 64.7 Å². The summed E-state index contributed by atoms with van der Waals surface area (Å²) in [5, 5.41) is 4.28. The Labute approximate surface area is 163 Å². The van der Waals surface area contributed by atoms with Crippen LogP contribution in [0.4, 0.5) is 0 Å². The van der Waals surface area contributed by atoms with Gasteiger partial charge in [-0.05, 0) is 77.2 Å². The standard InChI is InChI=1S/C21H35N5O/c27-21(24-11-1-2-12-24)19-6-3-13-25(18-19)20-7-16-23(17-8-20)10-5-15-26-14-4-9-22-26/h4,9,14,19-20H,1-3,5-8,10-13,15-18H2. The van der Waals surface area contributed by atoms with E-state index in [1.54, 1.807) is 0 Å². The zero-order chi connectivity index (χ0) is 18.5. The second-order valence-corrected chi connectivity index (χ2v) is 8.56. The summed E-state index contributed by atoms with van der Waals surface area (Å²) < 4.78 is 2.03. The van der Waals surface area contributed by atoms with Crippen molar-refractivity contribution < 1.29 is 4.79 Å². The van der Waals surface area contributed by atoms with Crippen LogP contribution in [0, 0.1) is 5.92 Å². The van der Waals surface area contributed by atoms with Gasteiger partial charge in [0.2, 0.25) is 5.91 Å². The number of hydrogen-bond acceptors (Lipinski definition) is 4. The van der Waals surface area contributed by atoms with Crippen LogP contribution >= 0.6 is 0 Å². The Balaban J connectivity index is 1.19. The highest BCUT2D eigenvalue weighted by Crippen LogP contribution is 2.26. The van der Waals surface area contributed by atoms with Crippen LogP contribution in [0.1, 0.15) is 44.9 Å². The van der Waals surface area contributed by atoms with Crippen LogP contribution in [0.15, 0.2) is 18.5 Å². The highest BCUT2D eigenvalue weighted by atomic mass is 16.2. The van der Waals surface area contributed by atoms with Gasteiger partial charge in [-0.2, -0.15) is 5.10 Å². The summed E-state index contributed by atoms with van der Waals surface area (Å²) in [6, 6.07) is 2.67. The van der Waals surface area contributed by atoms with Gasteiger partial charge in [0.25, 0.3) is 0 Å². The number of rotatable bonds is 6. The molecule has 4 rings (SSSR count). The zero-order valence-corrected chi connectivity index (χ0v) is 16.6. The summed E-state index contributed by atoms with van der Waals surface area (Å²) in [4.78, 5) is 20.2. The lowest BCUT2D eigenvalue weighted by atomic mass is 9.93. The molecule has 0 radical (unpaired) electrons. The third-order valence-corrected chi connectivity index (χ3v) is 6.71. The van der Waals surface area contributed by atoms with Crippen LogP contribution in [-0.2, 0) is 11.3 Å². The van der Waals surface area contributed by atoms with Gasteiger partial charge < -0.3 is 9.80 Å². The lowest BCUT2D eigenvalue weighted by Gasteiger charge is -2.42. The topological polar surface area (TPSA) is 44.6 Å². The Morgan fingerprint density at radius 2 is 1.78 bits per heavy atom. The van der Waals surface area contributed by atoms with Gasteiger partial charge in [0.15, 0.2) is 0 Å². The fraction of sp³-hybridized carbons (Fsp3) is 0.810. The predicted molar refractivity (Wildman–Crippen MR) is 106 cm³/mol. The maximum absolute atomic E-state index is 12.8. The Morgan fingerprint density at radius 1 is 0.963 bits per heavy atom. The fourth-order valence-corrected chi connectivity index (χ4v) is 5.13. The average Bonchev–Trinajstić information content (AvgIpc) is 3.42. The molecule has 0 aliphatic carbocycles. The van der Waals surface area contributed by atoms with E-state index < -0.39 is 0 Å². The quantitative estimate of drug-likeness (QED) is 0.766. The molecule has 150 valence electrons. The van der Waals surface area contributed by atoms with E-state index in [9.17, 15) is 4.79 Å². The smallest absolute Gasteiger partial charge is 0.226 e. The van der Waals surface area contributed by atoms with Gasteiger partial charge in [-0.1, -0.05) is 0 Å². The number of likely N-dealkylation sites (tertiary alicyclic amines) is 3. The number of hydrogen-bond donors (Lipinski definition) is 0. The minimum Gasteiger partial charge on any atom is -0.342 e. The van der Waals surface area contributed by atoms with Crippen LogP contribution in [0.3, 0.4) is 0 Å². The van der Waals surface area contributed by atoms with Crippen LogP contribution in [0.2, 0.25) is 0 Å². The molecule has 1 unspecified atom stereocenters. The second kappa shape index (κ2) is 9.20. The number of nitrogens with zero attached hydrogens (tertiary/aromatic N) is 5. The molecule has 1 atom stereocenters. The fourth-order valence-electron chi connectivity index (χ4n) is 5.13. The maximum Gasteiger partial charge on any atom is 0.226 e. The van der Waals surface area contributed by atoms with Crippen molar-refractivity contribution >= 4 is 5.91 Å². The first-order valence-electron chi connectivity index (χ1n) is 11.0. The van der Waals surface area contributed by atoms with Gasteiger partial charge in [-0.25, -0.2) is 0 Å². The molecule has 6 heteroatoms. The van der Waals surface area contributed by atoms with Crippen molar-refractivity contribution in [2.75, 3.05) is 45.8 Å². The van der Waals surface area contributed by atoms with E-state index >= 15 is 0 Å². The van der Waals surface area contributed by atoms with Gasteiger partial charge in [0.1, 0.15) is 0 Å². The number of carbonyl (C=O) groups excluding carboxylic acids is 1. The molecule has 1 amide bonds. The number of aryl methyl sites for hydroxylation is 1. The molecule has 1 aromatic rings. The normalized spacial score (nSPS) is 25.9. The van der Waals surface area contributed by atoms with Crippen LogP contribution in [-0.4, -0.2) is 82.2 Å². The first-order valence-corrected chi connectivity index (χ1v) is 11.0. The first kappa shape index (κ1) is 18.9.